The predicted molar refractivity (Wildman–Crippen MR) is 151 cm³/mol. The zero-order chi connectivity index (χ0) is 27.4. The molecule has 0 bridgehead atoms. The largest absolute Gasteiger partial charge is 0.354 e. The molecule has 1 heterocycles. The summed E-state index contributed by atoms with van der Waals surface area (Å²) in [7, 11) is -3.67. The van der Waals surface area contributed by atoms with Gasteiger partial charge in [0.1, 0.15) is 6.04 Å². The second kappa shape index (κ2) is 11.6. The number of hydrogen-bond donors (Lipinski definition) is 1. The lowest BCUT2D eigenvalue weighted by atomic mass is 10.1. The van der Waals surface area contributed by atoms with Gasteiger partial charge in [-0.15, -0.1) is 0 Å². The third-order valence-electron chi connectivity index (χ3n) is 6.98. The average molecular weight is 536 g/mol. The Morgan fingerprint density at radius 2 is 1.68 bits per heavy atom. The number of carbonyl (C=O) groups is 2. The van der Waals surface area contributed by atoms with Crippen LogP contribution >= 0.6 is 0 Å². The summed E-state index contributed by atoms with van der Waals surface area (Å²) in [5.74, 6) is -0.0240. The summed E-state index contributed by atoms with van der Waals surface area (Å²) < 4.78 is 28.0. The molecule has 0 saturated carbocycles. The van der Waals surface area contributed by atoms with Crippen molar-refractivity contribution in [3.05, 3.63) is 71.8 Å². The van der Waals surface area contributed by atoms with Crippen LogP contribution in [0.5, 0.6) is 0 Å². The van der Waals surface area contributed by atoms with Crippen LogP contribution in [0.15, 0.2) is 65.6 Å². The summed E-state index contributed by atoms with van der Waals surface area (Å²) in [4.78, 5) is 28.6. The molecule has 1 N–H and O–H groups in total. The summed E-state index contributed by atoms with van der Waals surface area (Å²) in [6.07, 6.45) is 0.967. The Bertz CT molecular complexity index is 1410. The van der Waals surface area contributed by atoms with Crippen molar-refractivity contribution in [1.29, 1.82) is 0 Å². The maximum Gasteiger partial charge on any atom is 0.265 e. The van der Waals surface area contributed by atoms with Crippen molar-refractivity contribution in [3.8, 4) is 0 Å². The van der Waals surface area contributed by atoms with Crippen molar-refractivity contribution < 1.29 is 18.0 Å². The van der Waals surface area contributed by atoms with Crippen molar-refractivity contribution >= 4 is 38.3 Å². The smallest absolute Gasteiger partial charge is 0.265 e. The van der Waals surface area contributed by atoms with Crippen LogP contribution in [0.4, 0.5) is 5.69 Å². The van der Waals surface area contributed by atoms with E-state index in [9.17, 15) is 18.0 Å². The number of anilines is 1. The van der Waals surface area contributed by atoms with Crippen LogP contribution in [-0.2, 0) is 26.2 Å². The van der Waals surface area contributed by atoms with Gasteiger partial charge >= 0.3 is 0 Å². The number of amides is 2. The van der Waals surface area contributed by atoms with Gasteiger partial charge in [-0.25, -0.2) is 8.42 Å². The molecule has 38 heavy (non-hydrogen) atoms. The van der Waals surface area contributed by atoms with E-state index in [4.69, 9.17) is 0 Å². The van der Waals surface area contributed by atoms with Gasteiger partial charge in [0.2, 0.25) is 11.8 Å². The van der Waals surface area contributed by atoms with Crippen molar-refractivity contribution in [2.75, 3.05) is 17.4 Å². The molecule has 0 aromatic heterocycles. The van der Waals surface area contributed by atoms with Crippen LogP contribution in [0.2, 0.25) is 0 Å². The quantitative estimate of drug-likeness (QED) is 0.374. The minimum Gasteiger partial charge on any atom is -0.354 e. The van der Waals surface area contributed by atoms with E-state index in [1.165, 1.54) is 4.31 Å². The molecule has 0 radical (unpaired) electrons. The Kier molecular flexibility index (Phi) is 8.41. The van der Waals surface area contributed by atoms with Crippen LogP contribution in [0, 0.1) is 12.8 Å². The molecule has 0 spiro atoms. The van der Waals surface area contributed by atoms with Gasteiger partial charge in [-0.3, -0.25) is 13.9 Å². The van der Waals surface area contributed by atoms with E-state index in [-0.39, 0.29) is 24.8 Å². The van der Waals surface area contributed by atoms with Gasteiger partial charge < -0.3 is 10.2 Å². The zero-order valence-electron chi connectivity index (χ0n) is 22.6. The summed E-state index contributed by atoms with van der Waals surface area (Å²) in [6.45, 7) is 9.02. The van der Waals surface area contributed by atoms with Crippen LogP contribution in [0.1, 0.15) is 51.2 Å². The molecule has 0 fully saturated rings. The first-order valence-corrected chi connectivity index (χ1v) is 14.7. The topological polar surface area (TPSA) is 86.8 Å². The van der Waals surface area contributed by atoms with Gasteiger partial charge in [0.05, 0.1) is 10.6 Å². The SMILES string of the molecule is CC[C@@H](C(=O)NCC(C)C)N(Cc1ccc(C)cc1)C(=O)CCCN1c2cccc3cccc(c23)S1(=O)=O. The fourth-order valence-corrected chi connectivity index (χ4v) is 6.70. The van der Waals surface area contributed by atoms with Crippen molar-refractivity contribution in [1.82, 2.24) is 10.2 Å². The number of nitrogens with zero attached hydrogens (tertiary/aromatic N) is 2. The van der Waals surface area contributed by atoms with Crippen molar-refractivity contribution in [2.24, 2.45) is 5.92 Å². The summed E-state index contributed by atoms with van der Waals surface area (Å²) in [5, 5.41) is 4.59. The van der Waals surface area contributed by atoms with Gasteiger partial charge in [0.15, 0.2) is 0 Å². The van der Waals surface area contributed by atoms with Gasteiger partial charge in [-0.2, -0.15) is 0 Å². The second-order valence-electron chi connectivity index (χ2n) is 10.4. The number of nitrogens with one attached hydrogen (secondary N) is 1. The Morgan fingerprint density at radius 1 is 1.00 bits per heavy atom. The first-order valence-electron chi connectivity index (χ1n) is 13.3. The highest BCUT2D eigenvalue weighted by Gasteiger charge is 2.35. The normalized spacial score (nSPS) is 14.6. The molecule has 2 amide bonds. The van der Waals surface area contributed by atoms with Crippen LogP contribution in [0.3, 0.4) is 0 Å². The van der Waals surface area contributed by atoms with Gasteiger partial charge in [0, 0.05) is 31.4 Å². The lowest BCUT2D eigenvalue weighted by Crippen LogP contribution is -2.49. The summed E-state index contributed by atoms with van der Waals surface area (Å²) in [6, 6.07) is 18.2. The Balaban J connectivity index is 1.51. The lowest BCUT2D eigenvalue weighted by molar-refractivity contribution is -0.141. The summed E-state index contributed by atoms with van der Waals surface area (Å²) in [5.41, 5.74) is 2.72. The molecule has 0 aliphatic carbocycles. The molecule has 1 aliphatic heterocycles. The Hall–Kier alpha value is -3.39. The molecular weight excluding hydrogens is 498 g/mol. The molecule has 7 nitrogen and oxygen atoms in total. The van der Waals surface area contributed by atoms with Gasteiger partial charge in [0.25, 0.3) is 10.0 Å². The third-order valence-corrected chi connectivity index (χ3v) is 8.83. The van der Waals surface area contributed by atoms with Gasteiger partial charge in [-0.05, 0) is 48.8 Å². The number of hydrogen-bond acceptors (Lipinski definition) is 4. The highest BCUT2D eigenvalue weighted by Crippen LogP contribution is 2.42. The molecule has 8 heteroatoms. The molecule has 202 valence electrons. The minimum atomic E-state index is -3.67. The number of carbonyl (C=O) groups excluding carboxylic acids is 2. The maximum absolute atomic E-state index is 13.6. The van der Waals surface area contributed by atoms with E-state index in [0.29, 0.717) is 42.4 Å². The van der Waals surface area contributed by atoms with E-state index in [0.717, 1.165) is 21.9 Å². The highest BCUT2D eigenvalue weighted by molar-refractivity contribution is 7.93. The third kappa shape index (κ3) is 5.70. The standard InChI is InChI=1S/C30H37N3O4S/c1-5-25(30(35)31-19-21(2)3)32(20-23-16-14-22(4)15-17-23)28(34)13-8-18-33-26-11-6-9-24-10-7-12-27(29(24)26)38(33,36)37/h6-7,9-12,14-17,21,25H,5,8,13,18-20H2,1-4H3,(H,31,35)/t25-/m0/s1. The predicted octanol–water partition coefficient (Wildman–Crippen LogP) is 5.02. The summed E-state index contributed by atoms with van der Waals surface area (Å²) >= 11 is 0. The van der Waals surface area contributed by atoms with Crippen LogP contribution in [-0.4, -0.2) is 44.3 Å². The second-order valence-corrected chi connectivity index (χ2v) is 12.2. The molecule has 3 aromatic rings. The fourth-order valence-electron chi connectivity index (χ4n) is 4.95. The van der Waals surface area contributed by atoms with E-state index >= 15 is 0 Å². The van der Waals surface area contributed by atoms with Crippen molar-refractivity contribution in [2.45, 2.75) is 64.4 Å². The molecule has 1 atom stereocenters. The molecule has 3 aromatic carbocycles. The van der Waals surface area contributed by atoms with Gasteiger partial charge in [-0.1, -0.05) is 74.9 Å². The molecule has 0 saturated heterocycles. The highest BCUT2D eigenvalue weighted by atomic mass is 32.2. The zero-order valence-corrected chi connectivity index (χ0v) is 23.4. The first-order chi connectivity index (χ1) is 18.1. The number of rotatable bonds is 11. The van der Waals surface area contributed by atoms with E-state index in [2.05, 4.69) is 5.32 Å². The van der Waals surface area contributed by atoms with E-state index in [1.807, 2.05) is 76.2 Å². The minimum absolute atomic E-state index is 0.137. The Morgan fingerprint density at radius 3 is 2.34 bits per heavy atom. The molecule has 4 rings (SSSR count). The van der Waals surface area contributed by atoms with E-state index in [1.54, 1.807) is 17.0 Å². The number of benzene rings is 3. The van der Waals surface area contributed by atoms with Crippen LogP contribution in [0.25, 0.3) is 10.8 Å². The number of aryl methyl sites for hydroxylation is 1. The van der Waals surface area contributed by atoms with E-state index < -0.39 is 16.1 Å². The van der Waals surface area contributed by atoms with Crippen LogP contribution < -0.4 is 9.62 Å². The Labute approximate surface area is 225 Å². The molecule has 0 unspecified atom stereocenters. The maximum atomic E-state index is 13.6. The molecular formula is C30H37N3O4S. The lowest BCUT2D eigenvalue weighted by Gasteiger charge is -2.31. The number of sulfonamides is 1. The van der Waals surface area contributed by atoms with Crippen molar-refractivity contribution in [3.63, 3.8) is 0 Å². The fraction of sp³-hybridized carbons (Fsp3) is 0.400. The average Bonchev–Trinajstić information content (AvgIpc) is 3.11. The first kappa shape index (κ1) is 27.6. The molecule has 1 aliphatic rings. The monoisotopic (exact) mass is 535 g/mol.